The maximum Gasteiger partial charge on any atom is 0.406 e. The number of thiol groups is 1. The number of nitrogen functional groups attached to an aromatic ring is 1. The smallest absolute Gasteiger partial charge is 0.406 e. The van der Waals surface area contributed by atoms with Crippen LogP contribution in [0.1, 0.15) is 11.5 Å². The van der Waals surface area contributed by atoms with Crippen LogP contribution in [0.4, 0.5) is 9.93 Å². The number of nitrogens with zero attached hydrogens (tertiary/aromatic N) is 5. The number of carboxylic acid groups (broad SMARTS) is 1. The number of amides is 3. The zero-order valence-electron chi connectivity index (χ0n) is 22.2. The Morgan fingerprint density at radius 2 is 2.07 bits per heavy atom. The highest BCUT2D eigenvalue weighted by molar-refractivity contribution is 8.00. The lowest BCUT2D eigenvalue weighted by molar-refractivity contribution is -0.150. The van der Waals surface area contributed by atoms with E-state index in [9.17, 15) is 33.9 Å². The number of methoxy groups -OCH3 is 1. The van der Waals surface area contributed by atoms with Gasteiger partial charge in [0, 0.05) is 29.1 Å². The van der Waals surface area contributed by atoms with Crippen LogP contribution in [0, 0.1) is 0 Å². The lowest BCUT2D eigenvalue weighted by Crippen LogP contribution is -2.71. The van der Waals surface area contributed by atoms with E-state index < -0.39 is 46.4 Å². The Bertz CT molecular complexity index is 1690. The summed E-state index contributed by atoms with van der Waals surface area (Å²) in [6.07, 6.45) is 0.540. The number of ether oxygens (including phenoxy) is 1. The molecular weight excluding hydrogens is 630 g/mol. The lowest BCUT2D eigenvalue weighted by atomic mass is 10.0. The van der Waals surface area contributed by atoms with Gasteiger partial charge in [0.1, 0.15) is 29.9 Å². The summed E-state index contributed by atoms with van der Waals surface area (Å²) >= 11 is 6.61. The summed E-state index contributed by atoms with van der Waals surface area (Å²) in [6, 6.07) is -1.08. The second-order valence-electron chi connectivity index (χ2n) is 8.51. The van der Waals surface area contributed by atoms with Gasteiger partial charge >= 0.3 is 23.2 Å². The molecule has 4 rings (SSSR count). The minimum atomic E-state index is -1.43. The van der Waals surface area contributed by atoms with Gasteiger partial charge in [0.25, 0.3) is 11.8 Å². The number of aromatic amines is 1. The fourth-order valence-electron chi connectivity index (χ4n) is 4.06. The number of carbonyl (C=O) groups is 4. The van der Waals surface area contributed by atoms with E-state index in [4.69, 9.17) is 10.6 Å². The number of carboxylic acids is 1. The molecular formula is C22H23N9O9S3. The summed E-state index contributed by atoms with van der Waals surface area (Å²) in [5.74, 6) is -2.97. The average molecular weight is 654 g/mol. The molecule has 6 N–H and O–H groups in total. The van der Waals surface area contributed by atoms with Crippen LogP contribution in [-0.2, 0) is 30.5 Å². The maximum atomic E-state index is 13.1. The SMILES string of the molecule is CON=C(C(=O)NC1C(=O)N2C(C(=O)O)=C(C=C(S)c3n[nH]c(=O)c(=O)n3CCNC(=O)OC)CSC12)c1csc(N)n1. The molecule has 1 fully saturated rings. The molecule has 3 amide bonds. The molecule has 18 nitrogen and oxygen atoms in total. The number of allylic oxidation sites excluding steroid dienone is 1. The van der Waals surface area contributed by atoms with Crippen molar-refractivity contribution < 1.29 is 33.9 Å². The van der Waals surface area contributed by atoms with E-state index in [-0.39, 0.29) is 57.4 Å². The van der Waals surface area contributed by atoms with Gasteiger partial charge in [-0.2, -0.15) is 5.10 Å². The minimum Gasteiger partial charge on any atom is -0.477 e. The largest absolute Gasteiger partial charge is 0.477 e. The lowest BCUT2D eigenvalue weighted by Gasteiger charge is -2.49. The van der Waals surface area contributed by atoms with Crippen LogP contribution in [0.15, 0.2) is 37.5 Å². The first-order valence-corrected chi connectivity index (χ1v) is 14.3. The number of thiazole rings is 1. The molecule has 2 unspecified atom stereocenters. The summed E-state index contributed by atoms with van der Waals surface area (Å²) in [6.45, 7) is -0.290. The number of alkyl carbamates (subject to hydrolysis) is 1. The van der Waals surface area contributed by atoms with Gasteiger partial charge < -0.3 is 31.0 Å². The number of β-lactam (4-membered cyclic amide) rings is 1. The number of nitrogens with one attached hydrogen (secondary N) is 3. The van der Waals surface area contributed by atoms with Gasteiger partial charge in [0.15, 0.2) is 16.7 Å². The third-order valence-electron chi connectivity index (χ3n) is 5.94. The summed E-state index contributed by atoms with van der Waals surface area (Å²) in [5.41, 5.74) is 3.32. The molecule has 2 aliphatic rings. The highest BCUT2D eigenvalue weighted by atomic mass is 32.2. The molecule has 0 spiro atoms. The molecule has 21 heteroatoms. The predicted molar refractivity (Wildman–Crippen MR) is 156 cm³/mol. The minimum absolute atomic E-state index is 0.0139. The number of nitrogens with two attached hydrogens (primary N) is 1. The Balaban J connectivity index is 1.59. The second-order valence-corrected chi connectivity index (χ2v) is 11.0. The van der Waals surface area contributed by atoms with Crippen molar-refractivity contribution in [2.45, 2.75) is 18.0 Å². The van der Waals surface area contributed by atoms with Crippen molar-refractivity contribution in [3.63, 3.8) is 0 Å². The number of fused-ring (bicyclic) bond motifs is 1. The maximum absolute atomic E-state index is 13.1. The number of carbonyl (C=O) groups excluding carboxylic acids is 3. The van der Waals surface area contributed by atoms with Crippen LogP contribution in [0.25, 0.3) is 4.91 Å². The van der Waals surface area contributed by atoms with E-state index in [1.54, 1.807) is 0 Å². The van der Waals surface area contributed by atoms with E-state index in [1.165, 1.54) is 30.3 Å². The van der Waals surface area contributed by atoms with Crippen molar-refractivity contribution in [1.82, 2.24) is 35.3 Å². The van der Waals surface area contributed by atoms with E-state index in [0.717, 1.165) is 27.9 Å². The van der Waals surface area contributed by atoms with Crippen molar-refractivity contribution in [2.75, 3.05) is 32.3 Å². The predicted octanol–water partition coefficient (Wildman–Crippen LogP) is -1.61. The van der Waals surface area contributed by atoms with Crippen LogP contribution >= 0.6 is 35.7 Å². The Morgan fingerprint density at radius 1 is 1.33 bits per heavy atom. The fourth-order valence-corrected chi connectivity index (χ4v) is 6.24. The van der Waals surface area contributed by atoms with Gasteiger partial charge in [-0.3, -0.25) is 28.6 Å². The van der Waals surface area contributed by atoms with Crippen molar-refractivity contribution in [1.29, 1.82) is 0 Å². The fraction of sp³-hybridized carbons (Fsp3) is 0.318. The first-order valence-electron chi connectivity index (χ1n) is 11.9. The van der Waals surface area contributed by atoms with Crippen LogP contribution in [0.3, 0.4) is 0 Å². The Hall–Kier alpha value is -4.63. The van der Waals surface area contributed by atoms with Crippen molar-refractivity contribution in [2.24, 2.45) is 5.16 Å². The standard InChI is InChI=1S/C22H23N9O9S3/c1-39-22(38)24-3-4-30-14(27-28-16(33)18(30)35)10(41)5-8-6-42-19-12(17(34)31(19)13(8)20(36)37)26-15(32)11(29-40-2)9-7-43-21(23)25-9/h5,7,12,19,41H,3-4,6H2,1-2H3,(H2,23,25)(H,24,38)(H,26,32)(H,28,33)(H,36,37). The number of anilines is 1. The molecule has 43 heavy (non-hydrogen) atoms. The molecule has 0 bridgehead atoms. The number of hydrogen-bond donors (Lipinski definition) is 6. The number of aromatic nitrogens is 4. The topological polar surface area (TPSA) is 253 Å². The molecule has 0 aliphatic carbocycles. The van der Waals surface area contributed by atoms with Crippen molar-refractivity contribution in [3.05, 3.63) is 55.0 Å². The number of thioether (sulfide) groups is 1. The van der Waals surface area contributed by atoms with Crippen LogP contribution in [0.2, 0.25) is 0 Å². The second kappa shape index (κ2) is 13.1. The summed E-state index contributed by atoms with van der Waals surface area (Å²) < 4.78 is 5.42. The van der Waals surface area contributed by atoms with Crippen molar-refractivity contribution >= 4 is 75.4 Å². The highest BCUT2D eigenvalue weighted by Gasteiger charge is 2.54. The quantitative estimate of drug-likeness (QED) is 0.0555. The first-order chi connectivity index (χ1) is 20.5. The van der Waals surface area contributed by atoms with E-state index in [2.05, 4.69) is 43.2 Å². The van der Waals surface area contributed by atoms with E-state index >= 15 is 0 Å². The first kappa shape index (κ1) is 31.3. The molecule has 1 saturated heterocycles. The summed E-state index contributed by atoms with van der Waals surface area (Å²) in [4.78, 5) is 83.9. The Morgan fingerprint density at radius 3 is 2.70 bits per heavy atom. The van der Waals surface area contributed by atoms with Crippen LogP contribution in [0.5, 0.6) is 0 Å². The molecule has 0 aromatic carbocycles. The normalized spacial score (nSPS) is 18.5. The molecule has 2 aromatic heterocycles. The Kier molecular flexibility index (Phi) is 9.56. The van der Waals surface area contributed by atoms with Gasteiger partial charge in [-0.05, 0) is 11.6 Å². The highest BCUT2D eigenvalue weighted by Crippen LogP contribution is 2.41. The van der Waals surface area contributed by atoms with E-state index in [1.807, 2.05) is 5.10 Å². The van der Waals surface area contributed by atoms with Gasteiger partial charge in [-0.1, -0.05) is 5.16 Å². The molecule has 0 radical (unpaired) electrons. The molecule has 2 aromatic rings. The van der Waals surface area contributed by atoms with Crippen LogP contribution < -0.4 is 27.5 Å². The Labute approximate surface area is 254 Å². The third kappa shape index (κ3) is 6.41. The van der Waals surface area contributed by atoms with Gasteiger partial charge in [-0.25, -0.2) is 19.7 Å². The number of rotatable bonds is 10. The van der Waals surface area contributed by atoms with Crippen LogP contribution in [-0.4, -0.2) is 97.3 Å². The molecule has 4 heterocycles. The summed E-state index contributed by atoms with van der Waals surface area (Å²) in [5, 5.41) is 25.4. The van der Waals surface area contributed by atoms with E-state index in [0.29, 0.717) is 0 Å². The summed E-state index contributed by atoms with van der Waals surface area (Å²) in [7, 11) is 2.38. The molecule has 0 saturated carbocycles. The zero-order valence-corrected chi connectivity index (χ0v) is 24.7. The number of oxime groups is 1. The van der Waals surface area contributed by atoms with Gasteiger partial charge in [-0.15, -0.1) is 35.7 Å². The molecule has 2 atom stereocenters. The monoisotopic (exact) mass is 653 g/mol. The van der Waals surface area contributed by atoms with Gasteiger partial charge in [0.05, 0.1) is 7.11 Å². The number of hydrogen-bond acceptors (Lipinski definition) is 15. The third-order valence-corrected chi connectivity index (χ3v) is 8.24. The zero-order chi connectivity index (χ0) is 31.4. The van der Waals surface area contributed by atoms with Crippen molar-refractivity contribution in [3.8, 4) is 0 Å². The number of aliphatic carboxylic acids is 1. The number of H-pyrrole nitrogens is 1. The molecule has 2 aliphatic heterocycles. The average Bonchev–Trinajstić information content (AvgIpc) is 3.41. The van der Waals surface area contributed by atoms with Gasteiger partial charge in [0.2, 0.25) is 0 Å². The molecule has 228 valence electrons.